The van der Waals surface area contributed by atoms with E-state index in [9.17, 15) is 14.0 Å². The van der Waals surface area contributed by atoms with Gasteiger partial charge >= 0.3 is 6.09 Å². The summed E-state index contributed by atoms with van der Waals surface area (Å²) in [5, 5.41) is 11.9. The number of anilines is 3. The summed E-state index contributed by atoms with van der Waals surface area (Å²) in [7, 11) is 4.99. The Kier molecular flexibility index (Phi) is 9.42. The van der Waals surface area contributed by atoms with Gasteiger partial charge in [0, 0.05) is 31.9 Å². The molecule has 0 aliphatic carbocycles. The zero-order chi connectivity index (χ0) is 30.4. The molecule has 1 saturated heterocycles. The summed E-state index contributed by atoms with van der Waals surface area (Å²) >= 11 is 0. The maximum Gasteiger partial charge on any atom is 0.413 e. The number of carbonyl (C=O) groups excluding carboxylic acids is 2. The molecule has 1 aliphatic rings. The first-order valence-corrected chi connectivity index (χ1v) is 13.7. The van der Waals surface area contributed by atoms with E-state index >= 15 is 0 Å². The number of hydrogen-bond donors (Lipinski definition) is 4. The molecule has 0 radical (unpaired) electrons. The van der Waals surface area contributed by atoms with E-state index in [1.807, 2.05) is 18.0 Å². The van der Waals surface area contributed by atoms with Crippen LogP contribution >= 0.6 is 0 Å². The van der Waals surface area contributed by atoms with E-state index in [2.05, 4.69) is 33.1 Å². The lowest BCUT2D eigenvalue weighted by Crippen LogP contribution is -2.46. The number of methoxy groups -OCH3 is 1. The van der Waals surface area contributed by atoms with Crippen LogP contribution in [0.25, 0.3) is 5.65 Å². The Morgan fingerprint density at radius 2 is 2.00 bits per heavy atom. The highest BCUT2D eigenvalue weighted by atomic mass is 19.1. The minimum absolute atomic E-state index is 0.219. The standard InChI is InChI=1S/C30H38FN7O4/c1-30(2,3)42-29(40)36-27-24(9-7-14-33-22-12-11-19(28(39)32-4)17-25(22)41-6)35-26-23(10-8-15-38(26)27)34-21-13-16-37(5)18-20(21)31/h8,10-12,15,17,20-21,33-34H,13-14,16,18H2,1-6H3,(H,32,39)(H,36,40)/t20-,21+/m0/s1. The lowest BCUT2D eigenvalue weighted by atomic mass is 10.0. The molecule has 0 spiro atoms. The highest BCUT2D eigenvalue weighted by Crippen LogP contribution is 2.28. The maximum atomic E-state index is 14.8. The van der Waals surface area contributed by atoms with Crippen LogP contribution in [0.1, 0.15) is 43.2 Å². The van der Waals surface area contributed by atoms with Crippen LogP contribution in [-0.4, -0.2) is 84.9 Å². The van der Waals surface area contributed by atoms with Crippen LogP contribution in [0.5, 0.6) is 5.75 Å². The first-order chi connectivity index (χ1) is 20.0. The smallest absolute Gasteiger partial charge is 0.413 e. The molecule has 2 aromatic heterocycles. The molecule has 1 aromatic carbocycles. The first-order valence-electron chi connectivity index (χ1n) is 13.7. The van der Waals surface area contributed by atoms with Crippen molar-refractivity contribution in [2.24, 2.45) is 0 Å². The number of ether oxygens (including phenoxy) is 2. The zero-order valence-corrected chi connectivity index (χ0v) is 24.8. The van der Waals surface area contributed by atoms with Crippen molar-refractivity contribution in [2.45, 2.75) is 45.0 Å². The second-order valence-corrected chi connectivity index (χ2v) is 11.0. The number of aromatic nitrogens is 2. The minimum Gasteiger partial charge on any atom is -0.495 e. The lowest BCUT2D eigenvalue weighted by molar-refractivity contribution is 0.0635. The number of piperidine rings is 1. The molecule has 1 aliphatic heterocycles. The molecule has 42 heavy (non-hydrogen) atoms. The third-order valence-corrected chi connectivity index (χ3v) is 6.62. The fourth-order valence-corrected chi connectivity index (χ4v) is 4.60. The third-order valence-electron chi connectivity index (χ3n) is 6.62. The second kappa shape index (κ2) is 13.0. The third kappa shape index (κ3) is 7.41. The first kappa shape index (κ1) is 30.5. The van der Waals surface area contributed by atoms with Gasteiger partial charge in [0.1, 0.15) is 17.5 Å². The molecule has 0 unspecified atom stereocenters. The van der Waals surface area contributed by atoms with Crippen molar-refractivity contribution in [3.63, 3.8) is 0 Å². The highest BCUT2D eigenvalue weighted by Gasteiger charge is 2.28. The van der Waals surface area contributed by atoms with Gasteiger partial charge in [0.05, 0.1) is 31.1 Å². The fraction of sp³-hybridized carbons (Fsp3) is 0.433. The molecular formula is C30H38FN7O4. The average Bonchev–Trinajstić information content (AvgIpc) is 3.28. The number of fused-ring (bicyclic) bond motifs is 1. The lowest BCUT2D eigenvalue weighted by Gasteiger charge is -2.33. The van der Waals surface area contributed by atoms with Gasteiger partial charge in [-0.2, -0.15) is 0 Å². The van der Waals surface area contributed by atoms with Crippen molar-refractivity contribution in [2.75, 3.05) is 56.8 Å². The fourth-order valence-electron chi connectivity index (χ4n) is 4.60. The molecule has 12 heteroatoms. The van der Waals surface area contributed by atoms with Crippen molar-refractivity contribution < 1.29 is 23.5 Å². The average molecular weight is 580 g/mol. The molecule has 4 N–H and O–H groups in total. The Morgan fingerprint density at radius 1 is 1.21 bits per heavy atom. The quantitative estimate of drug-likeness (QED) is 0.311. The van der Waals surface area contributed by atoms with Gasteiger partial charge in [-0.25, -0.2) is 14.2 Å². The van der Waals surface area contributed by atoms with E-state index in [1.165, 1.54) is 7.11 Å². The van der Waals surface area contributed by atoms with Crippen molar-refractivity contribution in [3.8, 4) is 17.6 Å². The zero-order valence-electron chi connectivity index (χ0n) is 24.8. The molecule has 1 fully saturated rings. The Balaban J connectivity index is 1.61. The van der Waals surface area contributed by atoms with Crippen molar-refractivity contribution in [3.05, 3.63) is 47.8 Å². The van der Waals surface area contributed by atoms with Crippen LogP contribution in [0.4, 0.5) is 26.4 Å². The largest absolute Gasteiger partial charge is 0.495 e. The van der Waals surface area contributed by atoms with E-state index in [4.69, 9.17) is 14.5 Å². The molecular weight excluding hydrogens is 541 g/mol. The molecule has 2 atom stereocenters. The SMILES string of the molecule is CNC(=O)c1ccc(NCC#Cc2nc3c(N[C@@H]4CCN(C)C[C@@H]4F)cccn3c2NC(=O)OC(C)(C)C)c(OC)c1. The van der Waals surface area contributed by atoms with E-state index in [-0.39, 0.29) is 18.5 Å². The molecule has 224 valence electrons. The van der Waals surface area contributed by atoms with E-state index < -0.39 is 17.9 Å². The van der Waals surface area contributed by atoms with E-state index in [1.54, 1.807) is 62.7 Å². The number of carbonyl (C=O) groups is 2. The molecule has 4 rings (SSSR count). The minimum atomic E-state index is -1.04. The topological polar surface area (TPSA) is 121 Å². The number of rotatable bonds is 7. The number of amides is 2. The maximum absolute atomic E-state index is 14.8. The number of benzene rings is 1. The number of likely N-dealkylation sites (tertiary alicyclic amines) is 1. The summed E-state index contributed by atoms with van der Waals surface area (Å²) < 4.78 is 27.4. The van der Waals surface area contributed by atoms with Gasteiger partial charge in [-0.15, -0.1) is 0 Å². The van der Waals surface area contributed by atoms with Crippen LogP contribution in [0.2, 0.25) is 0 Å². The molecule has 3 aromatic rings. The predicted octanol–water partition coefficient (Wildman–Crippen LogP) is 3.97. The molecule has 0 saturated carbocycles. The normalized spacial score (nSPS) is 17.1. The Hall–Kier alpha value is -4.50. The summed E-state index contributed by atoms with van der Waals surface area (Å²) in [5.41, 5.74) is 1.87. The van der Waals surface area contributed by atoms with Gasteiger partial charge in [0.2, 0.25) is 0 Å². The van der Waals surface area contributed by atoms with Crippen LogP contribution < -0.4 is 26.0 Å². The Labute approximate surface area is 245 Å². The molecule has 2 amide bonds. The summed E-state index contributed by atoms with van der Waals surface area (Å²) in [6.07, 6.45) is 0.716. The molecule has 0 bridgehead atoms. The summed E-state index contributed by atoms with van der Waals surface area (Å²) in [5.74, 6) is 6.68. The number of hydrogen-bond acceptors (Lipinski definition) is 8. The number of nitrogens with one attached hydrogen (secondary N) is 4. The van der Waals surface area contributed by atoms with Crippen LogP contribution in [0.3, 0.4) is 0 Å². The monoisotopic (exact) mass is 579 g/mol. The second-order valence-electron chi connectivity index (χ2n) is 11.0. The molecule has 3 heterocycles. The Bertz CT molecular complexity index is 1510. The van der Waals surface area contributed by atoms with E-state index in [0.29, 0.717) is 52.8 Å². The summed E-state index contributed by atoms with van der Waals surface area (Å²) in [6, 6.07) is 8.33. The number of imidazole rings is 1. The van der Waals surface area contributed by atoms with Crippen molar-refractivity contribution >= 4 is 34.8 Å². The summed E-state index contributed by atoms with van der Waals surface area (Å²) in [6.45, 7) is 6.69. The Morgan fingerprint density at radius 3 is 2.69 bits per heavy atom. The number of halogens is 1. The van der Waals surface area contributed by atoms with Crippen molar-refractivity contribution in [1.82, 2.24) is 19.6 Å². The van der Waals surface area contributed by atoms with Gasteiger partial charge < -0.3 is 30.3 Å². The van der Waals surface area contributed by atoms with Gasteiger partial charge in [0.15, 0.2) is 17.2 Å². The number of alkyl halides is 1. The van der Waals surface area contributed by atoms with Crippen LogP contribution in [0.15, 0.2) is 36.5 Å². The highest BCUT2D eigenvalue weighted by molar-refractivity contribution is 5.95. The van der Waals surface area contributed by atoms with Gasteiger partial charge in [-0.3, -0.25) is 14.5 Å². The predicted molar refractivity (Wildman–Crippen MR) is 161 cm³/mol. The van der Waals surface area contributed by atoms with E-state index in [0.717, 1.165) is 6.54 Å². The van der Waals surface area contributed by atoms with Crippen LogP contribution in [0, 0.1) is 11.8 Å². The van der Waals surface area contributed by atoms with Crippen LogP contribution in [-0.2, 0) is 4.74 Å². The van der Waals surface area contributed by atoms with Gasteiger partial charge in [0.25, 0.3) is 5.91 Å². The molecule has 11 nitrogen and oxygen atoms in total. The van der Waals surface area contributed by atoms with Gasteiger partial charge in [-0.05, 0) is 70.5 Å². The van der Waals surface area contributed by atoms with Gasteiger partial charge in [-0.1, -0.05) is 5.92 Å². The van der Waals surface area contributed by atoms with Crippen molar-refractivity contribution in [1.29, 1.82) is 0 Å². The number of pyridine rings is 1. The summed E-state index contributed by atoms with van der Waals surface area (Å²) in [4.78, 5) is 31.4. The number of nitrogens with zero attached hydrogens (tertiary/aromatic N) is 3.